The van der Waals surface area contributed by atoms with Gasteiger partial charge in [-0.3, -0.25) is 4.90 Å². The number of fused-ring (bicyclic) bond motifs is 1. The second kappa shape index (κ2) is 6.58. The van der Waals surface area contributed by atoms with E-state index in [-0.39, 0.29) is 5.54 Å². The summed E-state index contributed by atoms with van der Waals surface area (Å²) in [6.07, 6.45) is 8.83. The van der Waals surface area contributed by atoms with E-state index in [1.807, 2.05) is 0 Å². The third kappa shape index (κ3) is 4.75. The van der Waals surface area contributed by atoms with Crippen LogP contribution in [0.5, 0.6) is 0 Å². The number of hydrogen-bond donors (Lipinski definition) is 1. The normalized spacial score (nSPS) is 30.9. The number of likely N-dealkylation sites (tertiary alicyclic amines) is 1. The molecule has 19 heavy (non-hydrogen) atoms. The minimum atomic E-state index is 0.254. The quantitative estimate of drug-likeness (QED) is 0.835. The number of hydrogen-bond acceptors (Lipinski definition) is 2. The molecule has 3 unspecified atom stereocenters. The average Bonchev–Trinajstić information content (AvgIpc) is 2.36. The van der Waals surface area contributed by atoms with Gasteiger partial charge in [0.2, 0.25) is 0 Å². The van der Waals surface area contributed by atoms with Crippen LogP contribution in [0.3, 0.4) is 0 Å². The van der Waals surface area contributed by atoms with Gasteiger partial charge in [-0.2, -0.15) is 0 Å². The molecule has 2 rings (SSSR count). The fraction of sp³-hybridized carbons (Fsp3) is 1.00. The molecule has 1 saturated carbocycles. The monoisotopic (exact) mass is 266 g/mol. The van der Waals surface area contributed by atoms with Crippen molar-refractivity contribution < 1.29 is 0 Å². The maximum atomic E-state index is 3.66. The summed E-state index contributed by atoms with van der Waals surface area (Å²) in [5.74, 6) is 1.78. The summed E-state index contributed by atoms with van der Waals surface area (Å²) in [4.78, 5) is 2.82. The molecule has 0 aromatic carbocycles. The summed E-state index contributed by atoms with van der Waals surface area (Å²) in [6.45, 7) is 13.0. The van der Waals surface area contributed by atoms with Gasteiger partial charge in [0.25, 0.3) is 0 Å². The Morgan fingerprint density at radius 3 is 2.53 bits per heavy atom. The Balaban J connectivity index is 1.80. The predicted octanol–water partition coefficient (Wildman–Crippen LogP) is 3.67. The minimum Gasteiger partial charge on any atom is -0.312 e. The van der Waals surface area contributed by atoms with E-state index < -0.39 is 0 Å². The van der Waals surface area contributed by atoms with Gasteiger partial charge in [-0.25, -0.2) is 0 Å². The Hall–Kier alpha value is -0.0800. The van der Waals surface area contributed by atoms with Crippen molar-refractivity contribution in [2.24, 2.45) is 11.8 Å². The number of rotatable bonds is 4. The third-order valence-corrected chi connectivity index (χ3v) is 4.89. The predicted molar refractivity (Wildman–Crippen MR) is 83.5 cm³/mol. The highest BCUT2D eigenvalue weighted by Gasteiger charge is 2.33. The smallest absolute Gasteiger partial charge is 0.0124 e. The van der Waals surface area contributed by atoms with Gasteiger partial charge in [-0.1, -0.05) is 19.8 Å². The molecular formula is C17H34N2. The Labute approximate surface area is 120 Å². The first-order valence-corrected chi connectivity index (χ1v) is 8.45. The summed E-state index contributed by atoms with van der Waals surface area (Å²) < 4.78 is 0. The van der Waals surface area contributed by atoms with Crippen LogP contribution in [0.25, 0.3) is 0 Å². The molecule has 0 aromatic rings. The maximum Gasteiger partial charge on any atom is 0.0124 e. The van der Waals surface area contributed by atoms with E-state index in [2.05, 4.69) is 37.9 Å². The molecule has 2 heteroatoms. The lowest BCUT2D eigenvalue weighted by Gasteiger charge is -2.45. The highest BCUT2D eigenvalue weighted by atomic mass is 15.2. The van der Waals surface area contributed by atoms with Crippen molar-refractivity contribution in [1.82, 2.24) is 10.2 Å². The molecule has 112 valence electrons. The molecule has 3 atom stereocenters. The number of piperidine rings is 1. The second-order valence-electron chi connectivity index (χ2n) is 7.99. The van der Waals surface area contributed by atoms with Crippen LogP contribution in [0.15, 0.2) is 0 Å². The standard InChI is InChI=1S/C17H34N2/c1-14(12-18-17(2,3)4)13-19-11-7-9-15-8-5-6-10-16(15)19/h14-16,18H,5-13H2,1-4H3. The molecule has 0 amide bonds. The first kappa shape index (κ1) is 15.3. The van der Waals surface area contributed by atoms with Crippen LogP contribution in [0.4, 0.5) is 0 Å². The van der Waals surface area contributed by atoms with Crippen LogP contribution in [0.1, 0.15) is 66.2 Å². The molecule has 1 heterocycles. The summed E-state index contributed by atoms with van der Waals surface area (Å²) in [6, 6.07) is 0.916. The lowest BCUT2D eigenvalue weighted by atomic mass is 9.78. The average molecular weight is 266 g/mol. The maximum absolute atomic E-state index is 3.66. The van der Waals surface area contributed by atoms with E-state index in [4.69, 9.17) is 0 Å². The Morgan fingerprint density at radius 2 is 1.79 bits per heavy atom. The number of nitrogens with one attached hydrogen (secondary N) is 1. The van der Waals surface area contributed by atoms with Crippen molar-refractivity contribution in [3.8, 4) is 0 Å². The van der Waals surface area contributed by atoms with Crippen molar-refractivity contribution in [3.05, 3.63) is 0 Å². The first-order chi connectivity index (χ1) is 8.96. The molecule has 0 spiro atoms. The summed E-state index contributed by atoms with van der Waals surface area (Å²) in [5, 5.41) is 3.66. The van der Waals surface area contributed by atoms with Crippen LogP contribution in [-0.4, -0.2) is 36.1 Å². The van der Waals surface area contributed by atoms with E-state index in [0.717, 1.165) is 24.4 Å². The van der Waals surface area contributed by atoms with E-state index in [1.54, 1.807) is 0 Å². The minimum absolute atomic E-state index is 0.254. The summed E-state index contributed by atoms with van der Waals surface area (Å²) in [7, 11) is 0. The van der Waals surface area contributed by atoms with Crippen molar-refractivity contribution >= 4 is 0 Å². The zero-order chi connectivity index (χ0) is 13.9. The van der Waals surface area contributed by atoms with Crippen LogP contribution in [0, 0.1) is 11.8 Å². The highest BCUT2D eigenvalue weighted by molar-refractivity contribution is 4.88. The summed E-state index contributed by atoms with van der Waals surface area (Å²) in [5.41, 5.74) is 0.254. The first-order valence-electron chi connectivity index (χ1n) is 8.45. The van der Waals surface area contributed by atoms with Crippen LogP contribution < -0.4 is 5.32 Å². The topological polar surface area (TPSA) is 15.3 Å². The van der Waals surface area contributed by atoms with Crippen molar-refractivity contribution in [1.29, 1.82) is 0 Å². The van der Waals surface area contributed by atoms with Gasteiger partial charge in [0, 0.05) is 18.1 Å². The zero-order valence-corrected chi connectivity index (χ0v) is 13.5. The van der Waals surface area contributed by atoms with E-state index in [1.165, 1.54) is 51.6 Å². The third-order valence-electron chi connectivity index (χ3n) is 4.89. The van der Waals surface area contributed by atoms with Crippen LogP contribution in [0.2, 0.25) is 0 Å². The zero-order valence-electron chi connectivity index (χ0n) is 13.5. The molecule has 2 fully saturated rings. The van der Waals surface area contributed by atoms with E-state index in [9.17, 15) is 0 Å². The molecule has 1 aliphatic heterocycles. The fourth-order valence-corrected chi connectivity index (χ4v) is 3.90. The Morgan fingerprint density at radius 1 is 1.11 bits per heavy atom. The molecule has 0 aromatic heterocycles. The van der Waals surface area contributed by atoms with Crippen LogP contribution in [-0.2, 0) is 0 Å². The number of nitrogens with zero attached hydrogens (tertiary/aromatic N) is 1. The van der Waals surface area contributed by atoms with Gasteiger partial charge in [0.05, 0.1) is 0 Å². The second-order valence-corrected chi connectivity index (χ2v) is 7.99. The Bertz CT molecular complexity index is 267. The van der Waals surface area contributed by atoms with Gasteiger partial charge in [-0.15, -0.1) is 0 Å². The van der Waals surface area contributed by atoms with Crippen molar-refractivity contribution in [2.75, 3.05) is 19.6 Å². The van der Waals surface area contributed by atoms with Gasteiger partial charge in [-0.05, 0) is 71.4 Å². The van der Waals surface area contributed by atoms with Gasteiger partial charge >= 0.3 is 0 Å². The fourth-order valence-electron chi connectivity index (χ4n) is 3.90. The molecule has 1 N–H and O–H groups in total. The van der Waals surface area contributed by atoms with E-state index in [0.29, 0.717) is 0 Å². The largest absolute Gasteiger partial charge is 0.312 e. The molecule has 1 aliphatic carbocycles. The molecule has 0 radical (unpaired) electrons. The van der Waals surface area contributed by atoms with E-state index >= 15 is 0 Å². The lowest BCUT2D eigenvalue weighted by Crippen LogP contribution is -2.49. The lowest BCUT2D eigenvalue weighted by molar-refractivity contribution is 0.0493. The SMILES string of the molecule is CC(CNC(C)(C)C)CN1CCCC2CCCCC21. The van der Waals surface area contributed by atoms with Crippen molar-refractivity contribution in [2.45, 2.75) is 77.8 Å². The van der Waals surface area contributed by atoms with Crippen molar-refractivity contribution in [3.63, 3.8) is 0 Å². The molecular weight excluding hydrogens is 232 g/mol. The van der Waals surface area contributed by atoms with Gasteiger partial charge < -0.3 is 5.32 Å². The summed E-state index contributed by atoms with van der Waals surface area (Å²) >= 11 is 0. The van der Waals surface area contributed by atoms with Gasteiger partial charge in [0.15, 0.2) is 0 Å². The van der Waals surface area contributed by atoms with Crippen LogP contribution >= 0.6 is 0 Å². The molecule has 2 nitrogen and oxygen atoms in total. The molecule has 2 aliphatic rings. The highest BCUT2D eigenvalue weighted by Crippen LogP contribution is 2.35. The Kier molecular flexibility index (Phi) is 5.30. The molecule has 0 bridgehead atoms. The molecule has 1 saturated heterocycles. The van der Waals surface area contributed by atoms with Gasteiger partial charge in [0.1, 0.15) is 0 Å².